The molecule has 0 bridgehead atoms. The molecular weight excluding hydrogens is 1370 g/mol. The molecule has 0 saturated heterocycles. The first kappa shape index (κ1) is 62.3. The van der Waals surface area contributed by atoms with E-state index in [1.807, 2.05) is 22.7 Å². The van der Waals surface area contributed by atoms with Crippen LogP contribution in [-0.2, 0) is 0 Å². The fourth-order valence-electron chi connectivity index (χ4n) is 18.0. The van der Waals surface area contributed by atoms with E-state index >= 15 is 0 Å². The second-order valence-electron chi connectivity index (χ2n) is 29.0. The van der Waals surface area contributed by atoms with Gasteiger partial charge in [-0.3, -0.25) is 0 Å². The summed E-state index contributed by atoms with van der Waals surface area (Å²) in [6.45, 7) is 0. The summed E-state index contributed by atoms with van der Waals surface area (Å²) in [5.41, 5.74) is 24.3. The van der Waals surface area contributed by atoms with Crippen molar-refractivity contribution < 1.29 is 0 Å². The number of rotatable bonds is 8. The van der Waals surface area contributed by atoms with Gasteiger partial charge in [-0.25, -0.2) is 0 Å². The lowest BCUT2D eigenvalue weighted by Gasteiger charge is -2.13. The lowest BCUT2D eigenvalue weighted by Crippen LogP contribution is -1.95. The highest BCUT2D eigenvalue weighted by Crippen LogP contribution is 2.49. The molecule has 0 unspecified atom stereocenters. The van der Waals surface area contributed by atoms with E-state index in [-0.39, 0.29) is 0 Å². The van der Waals surface area contributed by atoms with E-state index in [1.165, 1.54) is 205 Å². The van der Waals surface area contributed by atoms with E-state index in [0.29, 0.717) is 0 Å². The van der Waals surface area contributed by atoms with Crippen LogP contribution in [0, 0.1) is 0 Å². The van der Waals surface area contributed by atoms with Gasteiger partial charge in [-0.2, -0.15) is 0 Å². The van der Waals surface area contributed by atoms with Gasteiger partial charge in [-0.05, 0) is 171 Å². The number of nitrogens with zero attached hydrogens (tertiary/aromatic N) is 4. The van der Waals surface area contributed by atoms with Gasteiger partial charge < -0.3 is 18.3 Å². The van der Waals surface area contributed by atoms with Crippen molar-refractivity contribution in [1.29, 1.82) is 0 Å². The summed E-state index contributed by atoms with van der Waals surface area (Å²) in [6, 6.07) is 143. The van der Waals surface area contributed by atoms with E-state index in [1.54, 1.807) is 0 Å². The van der Waals surface area contributed by atoms with Crippen LogP contribution in [0.3, 0.4) is 0 Å². The Hall–Kier alpha value is -13.9. The molecule has 6 aromatic heterocycles. The van der Waals surface area contributed by atoms with Gasteiger partial charge in [-0.1, -0.05) is 273 Å². The highest BCUT2D eigenvalue weighted by molar-refractivity contribution is 7.27. The molecule has 0 amide bonds. The summed E-state index contributed by atoms with van der Waals surface area (Å²) >= 11 is 3.78. The molecule has 0 radical (unpaired) electrons. The third-order valence-electron chi connectivity index (χ3n) is 23.0. The topological polar surface area (TPSA) is 19.7 Å². The summed E-state index contributed by atoms with van der Waals surface area (Å²) in [7, 11) is 0. The number of para-hydroxylation sites is 2. The zero-order chi connectivity index (χ0) is 72.1. The van der Waals surface area contributed by atoms with Gasteiger partial charge in [0.2, 0.25) is 0 Å². The third-order valence-corrected chi connectivity index (χ3v) is 25.4. The largest absolute Gasteiger partial charge is 0.309 e. The fraction of sp³-hybridized carbons (Fsp3) is 0. The van der Waals surface area contributed by atoms with E-state index in [4.69, 9.17) is 0 Å². The molecule has 6 heterocycles. The molecule has 0 saturated carbocycles. The van der Waals surface area contributed by atoms with Gasteiger partial charge in [0.25, 0.3) is 0 Å². The minimum absolute atomic E-state index is 1.16. The van der Waals surface area contributed by atoms with Crippen LogP contribution < -0.4 is 0 Å². The Morgan fingerprint density at radius 2 is 0.518 bits per heavy atom. The summed E-state index contributed by atoms with van der Waals surface area (Å²) < 4.78 is 15.1. The van der Waals surface area contributed by atoms with Crippen molar-refractivity contribution in [2.75, 3.05) is 0 Å². The monoisotopic (exact) mass is 1430 g/mol. The van der Waals surface area contributed by atoms with Crippen LogP contribution >= 0.6 is 22.7 Å². The van der Waals surface area contributed by atoms with Gasteiger partial charge >= 0.3 is 0 Å². The number of hydrogen-bond acceptors (Lipinski definition) is 2. The molecule has 24 rings (SSSR count). The van der Waals surface area contributed by atoms with Crippen LogP contribution in [0.25, 0.3) is 216 Å². The summed E-state index contributed by atoms with van der Waals surface area (Å²) in [5.74, 6) is 0. The molecule has 512 valence electrons. The molecule has 0 aliphatic heterocycles. The van der Waals surface area contributed by atoms with Crippen molar-refractivity contribution >= 4 is 172 Å². The lowest BCUT2D eigenvalue weighted by atomic mass is 10.00. The number of fused-ring (bicyclic) bond motifs is 22. The van der Waals surface area contributed by atoms with Crippen LogP contribution in [0.5, 0.6) is 0 Å². The molecular formula is C104H64N4S2. The average molecular weight is 1430 g/mol. The molecule has 24 aromatic rings. The van der Waals surface area contributed by atoms with Crippen molar-refractivity contribution in [3.8, 4) is 67.3 Å². The Kier molecular flexibility index (Phi) is 14.1. The van der Waals surface area contributed by atoms with Gasteiger partial charge in [-0.15, -0.1) is 22.7 Å². The molecule has 0 atom stereocenters. The minimum Gasteiger partial charge on any atom is -0.309 e. The van der Waals surface area contributed by atoms with Crippen molar-refractivity contribution in [3.63, 3.8) is 0 Å². The average Bonchev–Trinajstić information content (AvgIpc) is 1.56. The zero-order valence-corrected chi connectivity index (χ0v) is 61.2. The molecule has 4 nitrogen and oxygen atoms in total. The molecule has 0 N–H and O–H groups in total. The minimum atomic E-state index is 1.16. The number of benzene rings is 18. The Labute approximate surface area is 640 Å². The molecule has 110 heavy (non-hydrogen) atoms. The number of hydrogen-bond donors (Lipinski definition) is 0. The Morgan fingerprint density at radius 3 is 1.03 bits per heavy atom. The first-order valence-electron chi connectivity index (χ1n) is 37.7. The van der Waals surface area contributed by atoms with Crippen LogP contribution in [0.15, 0.2) is 388 Å². The Balaban J connectivity index is 0.000000132. The van der Waals surface area contributed by atoms with Crippen LogP contribution in [0.2, 0.25) is 0 Å². The molecule has 0 aliphatic rings. The quantitative estimate of drug-likeness (QED) is 0.144. The first-order valence-corrected chi connectivity index (χ1v) is 39.3. The number of thiophene rings is 2. The van der Waals surface area contributed by atoms with Gasteiger partial charge in [0.15, 0.2) is 0 Å². The predicted molar refractivity (Wildman–Crippen MR) is 473 cm³/mol. The Morgan fingerprint density at radius 1 is 0.173 bits per heavy atom. The maximum Gasteiger partial charge on any atom is 0.0720 e. The molecule has 0 spiro atoms. The van der Waals surface area contributed by atoms with Crippen LogP contribution in [0.1, 0.15) is 0 Å². The summed E-state index contributed by atoms with van der Waals surface area (Å²) in [5, 5.41) is 20.4. The molecule has 18 aromatic carbocycles. The van der Waals surface area contributed by atoms with Crippen molar-refractivity contribution in [2.24, 2.45) is 0 Å². The maximum absolute atomic E-state index is 2.53. The smallest absolute Gasteiger partial charge is 0.0720 e. The number of aromatic nitrogens is 4. The van der Waals surface area contributed by atoms with E-state index in [9.17, 15) is 0 Å². The highest BCUT2D eigenvalue weighted by Gasteiger charge is 2.24. The second kappa shape index (κ2) is 24.9. The predicted octanol–water partition coefficient (Wildman–Crippen LogP) is 29.5. The standard InChI is InChI=1S/2C52H32N2S/c1-2-11-33(12-3-1)34-21-25-38(26-22-34)53-47-18-8-6-16-40(47)44-31-36(23-29-48(44)53)37-24-30-49-45(32-37)42-27-28-43-41-17-7-9-20-50(41)55-52(43)51(42)54(49)46-19-10-14-35-13-4-5-15-39(35)46;1-2-11-33(12-3-1)34-21-25-38(26-22-34)53-46-18-8-6-16-40(46)43-31-36(23-28-47(43)53)37-24-29-48-44(32-37)41-27-30-50-51(42-17-7-9-20-49(42)55-50)52(41)54(48)45-19-10-14-35-13-4-5-15-39(35)45/h2*1-32H. The molecule has 0 aliphatic carbocycles. The van der Waals surface area contributed by atoms with Crippen LogP contribution in [0.4, 0.5) is 0 Å². The van der Waals surface area contributed by atoms with E-state index < -0.39 is 0 Å². The molecule has 6 heteroatoms. The van der Waals surface area contributed by atoms with Crippen molar-refractivity contribution in [2.45, 2.75) is 0 Å². The molecule has 0 fully saturated rings. The zero-order valence-electron chi connectivity index (χ0n) is 59.6. The SMILES string of the molecule is c1ccc(-c2ccc(-n3c4ccccc4c4cc(-c5ccc6c(c5)c5ccc7c8ccccc8sc7c5n6-c5cccc6ccccc56)ccc43)cc2)cc1.c1ccc(-c2ccc(-n3c4ccccc4c4cc(-c5ccc6c(c5)c5ccc7sc8ccccc8c7c5n6-c5cccc6ccccc56)ccc43)cc2)cc1. The lowest BCUT2D eigenvalue weighted by molar-refractivity contribution is 1.18. The van der Waals surface area contributed by atoms with Gasteiger partial charge in [0, 0.05) is 101 Å². The van der Waals surface area contributed by atoms with Crippen molar-refractivity contribution in [3.05, 3.63) is 388 Å². The second-order valence-corrected chi connectivity index (χ2v) is 31.1. The first-order chi connectivity index (χ1) is 54.6. The van der Waals surface area contributed by atoms with Crippen molar-refractivity contribution in [1.82, 2.24) is 18.3 Å². The summed E-state index contributed by atoms with van der Waals surface area (Å²) in [4.78, 5) is 0. The Bertz CT molecular complexity index is 7860. The van der Waals surface area contributed by atoms with E-state index in [0.717, 1.165) is 11.4 Å². The maximum atomic E-state index is 2.53. The highest BCUT2D eigenvalue weighted by atomic mass is 32.1. The van der Waals surface area contributed by atoms with E-state index in [2.05, 4.69) is 407 Å². The third kappa shape index (κ3) is 9.70. The van der Waals surface area contributed by atoms with Gasteiger partial charge in [0.05, 0.1) is 60.2 Å². The normalized spacial score (nSPS) is 12.0. The van der Waals surface area contributed by atoms with Gasteiger partial charge in [0.1, 0.15) is 0 Å². The fourth-order valence-corrected chi connectivity index (χ4v) is 20.3. The summed E-state index contributed by atoms with van der Waals surface area (Å²) in [6.07, 6.45) is 0. The van der Waals surface area contributed by atoms with Crippen LogP contribution in [-0.4, -0.2) is 18.3 Å².